The molecule has 1 unspecified atom stereocenters. The quantitative estimate of drug-likeness (QED) is 0.771. The summed E-state index contributed by atoms with van der Waals surface area (Å²) in [6, 6.07) is 0. The van der Waals surface area contributed by atoms with Gasteiger partial charge < -0.3 is 9.84 Å². The third kappa shape index (κ3) is 1.40. The molecule has 1 heterocycles. The van der Waals surface area contributed by atoms with Gasteiger partial charge in [-0.15, -0.1) is 0 Å². The largest absolute Gasteiger partial charge is 0.389 e. The summed E-state index contributed by atoms with van der Waals surface area (Å²) in [5.41, 5.74) is -0.886. The van der Waals surface area contributed by atoms with Crippen molar-refractivity contribution in [1.29, 1.82) is 0 Å². The van der Waals surface area contributed by atoms with E-state index in [1.54, 1.807) is 0 Å². The predicted octanol–water partition coefficient (Wildman–Crippen LogP) is 2.61. The average molecular weight is 256 g/mol. The maximum absolute atomic E-state index is 11.4. The minimum absolute atomic E-state index is 0.0283. The first-order chi connectivity index (χ1) is 8.23. The van der Waals surface area contributed by atoms with E-state index in [2.05, 4.69) is 20.8 Å². The Hall–Kier alpha value is -0.160. The zero-order chi connectivity index (χ0) is 13.2. The third-order valence-corrected chi connectivity index (χ3v) is 6.05. The van der Waals surface area contributed by atoms with E-state index in [0.29, 0.717) is 12.3 Å². The van der Waals surface area contributed by atoms with Crippen LogP contribution in [0.1, 0.15) is 53.4 Å². The molecular formula is C14H24O4. The molecule has 18 heavy (non-hydrogen) atoms. The van der Waals surface area contributed by atoms with Crippen LogP contribution in [0, 0.1) is 16.7 Å². The van der Waals surface area contributed by atoms with E-state index in [4.69, 9.17) is 14.5 Å². The summed E-state index contributed by atoms with van der Waals surface area (Å²) in [5.74, 6) is -0.224. The smallest absolute Gasteiger partial charge is 0.204 e. The normalized spacial score (nSPS) is 54.2. The number of hydrogen-bond acceptors (Lipinski definition) is 4. The molecule has 0 radical (unpaired) electrons. The van der Waals surface area contributed by atoms with Crippen molar-refractivity contribution in [1.82, 2.24) is 0 Å². The Kier molecular flexibility index (Phi) is 2.49. The topological polar surface area (TPSA) is 47.9 Å². The van der Waals surface area contributed by atoms with E-state index >= 15 is 0 Å². The highest BCUT2D eigenvalue weighted by Gasteiger charge is 2.70. The molecule has 4 atom stereocenters. The SMILES string of the molecule is CC1(C[C@]2(O)C(C)(C)[C@H]3CC[C@]2(C)C3)OCOO1. The first-order valence-electron chi connectivity index (χ1n) is 6.90. The molecule has 1 N–H and O–H groups in total. The molecule has 1 saturated heterocycles. The van der Waals surface area contributed by atoms with Crippen molar-refractivity contribution in [3.05, 3.63) is 0 Å². The van der Waals surface area contributed by atoms with Crippen LogP contribution in [0.3, 0.4) is 0 Å². The van der Waals surface area contributed by atoms with Crippen LogP contribution in [-0.2, 0) is 14.5 Å². The fourth-order valence-electron chi connectivity index (χ4n) is 4.66. The minimum Gasteiger partial charge on any atom is -0.389 e. The van der Waals surface area contributed by atoms with Gasteiger partial charge >= 0.3 is 0 Å². The van der Waals surface area contributed by atoms with Crippen molar-refractivity contribution in [2.75, 3.05) is 6.79 Å². The van der Waals surface area contributed by atoms with Gasteiger partial charge in [0.05, 0.1) is 5.60 Å². The van der Waals surface area contributed by atoms with Crippen LogP contribution in [0.2, 0.25) is 0 Å². The monoisotopic (exact) mass is 256 g/mol. The molecule has 3 fully saturated rings. The van der Waals surface area contributed by atoms with E-state index in [1.165, 1.54) is 6.42 Å². The van der Waals surface area contributed by atoms with E-state index in [0.717, 1.165) is 12.8 Å². The molecule has 0 aromatic carbocycles. The summed E-state index contributed by atoms with van der Waals surface area (Å²) in [6.07, 6.45) is 3.89. The Labute approximate surface area is 109 Å². The van der Waals surface area contributed by atoms with Gasteiger partial charge in [0.2, 0.25) is 5.79 Å². The van der Waals surface area contributed by atoms with E-state index in [-0.39, 0.29) is 17.6 Å². The van der Waals surface area contributed by atoms with E-state index < -0.39 is 11.4 Å². The third-order valence-electron chi connectivity index (χ3n) is 6.05. The first kappa shape index (κ1) is 12.9. The number of aliphatic hydroxyl groups is 1. The van der Waals surface area contributed by atoms with Gasteiger partial charge in [0.15, 0.2) is 6.79 Å². The molecule has 0 spiro atoms. The maximum atomic E-state index is 11.4. The Morgan fingerprint density at radius 3 is 2.44 bits per heavy atom. The molecule has 2 aliphatic carbocycles. The van der Waals surface area contributed by atoms with Gasteiger partial charge in [0.25, 0.3) is 0 Å². The molecule has 0 aromatic heterocycles. The van der Waals surface area contributed by atoms with Crippen molar-refractivity contribution < 1.29 is 19.6 Å². The molecule has 1 aliphatic heterocycles. The molecule has 0 amide bonds. The Morgan fingerprint density at radius 1 is 1.22 bits per heavy atom. The van der Waals surface area contributed by atoms with Gasteiger partial charge in [-0.25, -0.2) is 4.89 Å². The highest BCUT2D eigenvalue weighted by molar-refractivity contribution is 5.18. The lowest BCUT2D eigenvalue weighted by molar-refractivity contribution is -0.334. The van der Waals surface area contributed by atoms with Gasteiger partial charge in [0.1, 0.15) is 0 Å². The molecule has 3 aliphatic rings. The van der Waals surface area contributed by atoms with Crippen LogP contribution in [0.25, 0.3) is 0 Å². The molecule has 0 aromatic rings. The van der Waals surface area contributed by atoms with E-state index in [9.17, 15) is 5.11 Å². The molecule has 4 nitrogen and oxygen atoms in total. The fourth-order valence-corrected chi connectivity index (χ4v) is 4.66. The average Bonchev–Trinajstić information content (AvgIpc) is 2.88. The number of ether oxygens (including phenoxy) is 1. The first-order valence-corrected chi connectivity index (χ1v) is 6.90. The van der Waals surface area contributed by atoms with Gasteiger partial charge in [-0.05, 0) is 42.9 Å². The van der Waals surface area contributed by atoms with Crippen molar-refractivity contribution in [3.8, 4) is 0 Å². The van der Waals surface area contributed by atoms with Crippen molar-refractivity contribution in [3.63, 3.8) is 0 Å². The summed E-state index contributed by atoms with van der Waals surface area (Å²) >= 11 is 0. The van der Waals surface area contributed by atoms with Gasteiger partial charge in [-0.1, -0.05) is 20.8 Å². The van der Waals surface area contributed by atoms with Crippen LogP contribution < -0.4 is 0 Å². The van der Waals surface area contributed by atoms with Gasteiger partial charge in [-0.2, -0.15) is 4.89 Å². The predicted molar refractivity (Wildman–Crippen MR) is 65.3 cm³/mol. The van der Waals surface area contributed by atoms with Crippen molar-refractivity contribution in [2.45, 2.75) is 64.8 Å². The number of fused-ring (bicyclic) bond motifs is 2. The lowest BCUT2D eigenvalue weighted by Crippen LogP contribution is -2.57. The second-order valence-corrected chi connectivity index (χ2v) is 7.36. The Balaban J connectivity index is 1.93. The van der Waals surface area contributed by atoms with Crippen molar-refractivity contribution >= 4 is 0 Å². The summed E-state index contributed by atoms with van der Waals surface area (Å²) in [4.78, 5) is 10.1. The lowest BCUT2D eigenvalue weighted by atomic mass is 9.58. The molecule has 2 bridgehead atoms. The van der Waals surface area contributed by atoms with Crippen LogP contribution >= 0.6 is 0 Å². The highest BCUT2D eigenvalue weighted by atomic mass is 17.3. The standard InChI is InChI=1S/C14H24O4/c1-11(2)10-5-6-12(3,7-10)14(11,15)8-13(4)16-9-17-18-13/h10,15H,5-9H2,1-4H3/t10-,12+,13?,14-/m0/s1. The van der Waals surface area contributed by atoms with Crippen LogP contribution in [0.5, 0.6) is 0 Å². The van der Waals surface area contributed by atoms with Crippen LogP contribution in [0.15, 0.2) is 0 Å². The Bertz CT molecular complexity index is 354. The second kappa shape index (κ2) is 3.48. The summed E-state index contributed by atoms with van der Waals surface area (Å²) in [5, 5.41) is 11.4. The minimum atomic E-state index is -0.820. The summed E-state index contributed by atoms with van der Waals surface area (Å²) in [7, 11) is 0. The number of rotatable bonds is 2. The summed E-state index contributed by atoms with van der Waals surface area (Å²) in [6.45, 7) is 8.57. The van der Waals surface area contributed by atoms with Gasteiger partial charge in [0, 0.05) is 6.42 Å². The highest BCUT2D eigenvalue weighted by Crippen LogP contribution is 2.69. The van der Waals surface area contributed by atoms with Gasteiger partial charge in [-0.3, -0.25) is 0 Å². The Morgan fingerprint density at radius 2 is 1.94 bits per heavy atom. The molecular weight excluding hydrogens is 232 g/mol. The fraction of sp³-hybridized carbons (Fsp3) is 1.00. The van der Waals surface area contributed by atoms with Crippen LogP contribution in [0.4, 0.5) is 0 Å². The summed E-state index contributed by atoms with van der Waals surface area (Å²) < 4.78 is 5.51. The zero-order valence-electron chi connectivity index (χ0n) is 11.8. The molecule has 3 rings (SSSR count). The van der Waals surface area contributed by atoms with Crippen LogP contribution in [-0.4, -0.2) is 23.3 Å². The molecule has 104 valence electrons. The maximum Gasteiger partial charge on any atom is 0.204 e. The second-order valence-electron chi connectivity index (χ2n) is 7.36. The molecule has 4 heteroatoms. The zero-order valence-corrected chi connectivity index (χ0v) is 11.8. The number of hydrogen-bond donors (Lipinski definition) is 1. The molecule has 2 saturated carbocycles. The van der Waals surface area contributed by atoms with Crippen molar-refractivity contribution in [2.24, 2.45) is 16.7 Å². The van der Waals surface area contributed by atoms with E-state index in [1.807, 2.05) is 6.92 Å². The lowest BCUT2D eigenvalue weighted by Gasteiger charge is -2.52.